The molecule has 0 spiro atoms. The van der Waals surface area contributed by atoms with Crippen LogP contribution in [0.2, 0.25) is 0 Å². The molecule has 33 heavy (non-hydrogen) atoms. The van der Waals surface area contributed by atoms with E-state index in [9.17, 15) is 13.2 Å². The van der Waals surface area contributed by atoms with Gasteiger partial charge in [0.25, 0.3) is 5.91 Å². The van der Waals surface area contributed by atoms with Crippen molar-refractivity contribution in [2.75, 3.05) is 33.4 Å². The number of nitrogens with zero attached hydrogens (tertiary/aromatic N) is 3. The second-order valence-corrected chi connectivity index (χ2v) is 10.2. The molecule has 0 saturated carbocycles. The van der Waals surface area contributed by atoms with Crippen LogP contribution in [0.1, 0.15) is 30.1 Å². The summed E-state index contributed by atoms with van der Waals surface area (Å²) >= 11 is 0. The van der Waals surface area contributed by atoms with Crippen LogP contribution in [0, 0.1) is 5.92 Å². The highest BCUT2D eigenvalue weighted by Gasteiger charge is 2.28. The lowest BCUT2D eigenvalue weighted by molar-refractivity contribution is 0.0938. The number of ether oxygens (including phenoxy) is 1. The molecule has 4 rings (SSSR count). The first kappa shape index (κ1) is 23.3. The Bertz CT molecular complexity index is 1240. The zero-order chi connectivity index (χ0) is 23.4. The third-order valence-corrected chi connectivity index (χ3v) is 7.87. The molecule has 2 aromatic heterocycles. The van der Waals surface area contributed by atoms with Crippen molar-refractivity contribution >= 4 is 26.8 Å². The van der Waals surface area contributed by atoms with E-state index < -0.39 is 10.0 Å². The van der Waals surface area contributed by atoms with E-state index >= 15 is 0 Å². The van der Waals surface area contributed by atoms with Gasteiger partial charge in [0.1, 0.15) is 0 Å². The predicted octanol–water partition coefficient (Wildman–Crippen LogP) is 3.09. The molecule has 1 N–H and O–H groups in total. The molecule has 8 nitrogen and oxygen atoms in total. The van der Waals surface area contributed by atoms with Crippen LogP contribution in [-0.2, 0) is 14.8 Å². The Hall–Kier alpha value is -2.88. The second-order valence-electron chi connectivity index (χ2n) is 8.31. The fraction of sp³-hybridized carbons (Fsp3) is 0.375. The smallest absolute Gasteiger partial charge is 0.252 e. The Balaban J connectivity index is 1.79. The summed E-state index contributed by atoms with van der Waals surface area (Å²) in [6, 6.07) is 10.1. The first-order valence-corrected chi connectivity index (χ1v) is 12.5. The number of benzene rings is 1. The summed E-state index contributed by atoms with van der Waals surface area (Å²) in [5, 5.41) is 3.33. The number of piperidine rings is 1. The Morgan fingerprint density at radius 3 is 2.58 bits per heavy atom. The Kier molecular flexibility index (Phi) is 7.02. The number of fused-ring (bicyclic) bond motifs is 1. The van der Waals surface area contributed by atoms with Gasteiger partial charge in [-0.05, 0) is 55.2 Å². The van der Waals surface area contributed by atoms with Crippen molar-refractivity contribution in [1.82, 2.24) is 19.6 Å². The minimum Gasteiger partial charge on any atom is -0.383 e. The third-order valence-electron chi connectivity index (χ3n) is 5.97. The van der Waals surface area contributed by atoms with E-state index in [2.05, 4.69) is 22.2 Å². The van der Waals surface area contributed by atoms with Crippen LogP contribution in [0.15, 0.2) is 53.7 Å². The van der Waals surface area contributed by atoms with Crippen LogP contribution in [-0.4, -0.2) is 61.9 Å². The molecule has 1 aliphatic rings. The molecule has 3 aromatic rings. The van der Waals surface area contributed by atoms with Gasteiger partial charge in [-0.2, -0.15) is 4.31 Å². The number of hydrogen-bond acceptors (Lipinski definition) is 6. The number of aromatic nitrogens is 2. The van der Waals surface area contributed by atoms with Crippen molar-refractivity contribution in [2.45, 2.75) is 24.7 Å². The van der Waals surface area contributed by atoms with Crippen LogP contribution in [0.5, 0.6) is 0 Å². The van der Waals surface area contributed by atoms with Gasteiger partial charge in [0.2, 0.25) is 10.0 Å². The largest absolute Gasteiger partial charge is 0.383 e. The summed E-state index contributed by atoms with van der Waals surface area (Å²) in [7, 11) is -2.09. The molecule has 1 aromatic carbocycles. The minimum absolute atomic E-state index is 0.175. The highest BCUT2D eigenvalue weighted by atomic mass is 32.2. The number of amides is 1. The molecule has 1 saturated heterocycles. The molecule has 3 heterocycles. The van der Waals surface area contributed by atoms with Gasteiger partial charge in [-0.3, -0.25) is 9.78 Å². The number of carbonyl (C=O) groups is 1. The summed E-state index contributed by atoms with van der Waals surface area (Å²) in [6.07, 6.45) is 5.01. The molecule has 0 bridgehead atoms. The highest BCUT2D eigenvalue weighted by Crippen LogP contribution is 2.29. The van der Waals surface area contributed by atoms with Gasteiger partial charge >= 0.3 is 0 Å². The summed E-state index contributed by atoms with van der Waals surface area (Å²) < 4.78 is 33.2. The first-order chi connectivity index (χ1) is 15.9. The van der Waals surface area contributed by atoms with Crippen molar-refractivity contribution in [3.05, 3.63) is 54.4 Å². The number of carbonyl (C=O) groups excluding carboxylic acids is 1. The summed E-state index contributed by atoms with van der Waals surface area (Å²) in [4.78, 5) is 21.9. The summed E-state index contributed by atoms with van der Waals surface area (Å²) in [5.74, 6) is 0.211. The van der Waals surface area contributed by atoms with E-state index in [1.807, 2.05) is 12.1 Å². The van der Waals surface area contributed by atoms with E-state index in [-0.39, 0.29) is 10.8 Å². The molecule has 0 unspecified atom stereocenters. The number of hydrogen-bond donors (Lipinski definition) is 1. The van der Waals surface area contributed by atoms with Crippen LogP contribution in [0.3, 0.4) is 0 Å². The van der Waals surface area contributed by atoms with E-state index in [4.69, 9.17) is 4.74 Å². The van der Waals surface area contributed by atoms with Crippen molar-refractivity contribution in [1.29, 1.82) is 0 Å². The Morgan fingerprint density at radius 1 is 1.15 bits per heavy atom. The number of nitrogens with one attached hydrogen (secondary N) is 1. The van der Waals surface area contributed by atoms with Gasteiger partial charge < -0.3 is 10.1 Å². The molecule has 0 aliphatic carbocycles. The van der Waals surface area contributed by atoms with Crippen LogP contribution >= 0.6 is 0 Å². The fourth-order valence-corrected chi connectivity index (χ4v) is 5.46. The molecule has 1 aliphatic heterocycles. The normalized spacial score (nSPS) is 15.6. The topological polar surface area (TPSA) is 101 Å². The van der Waals surface area contributed by atoms with Gasteiger partial charge in [-0.25, -0.2) is 13.4 Å². The van der Waals surface area contributed by atoms with E-state index in [0.717, 1.165) is 18.4 Å². The monoisotopic (exact) mass is 468 g/mol. The maximum atomic E-state index is 13.3. The number of pyridine rings is 2. The van der Waals surface area contributed by atoms with Crippen molar-refractivity contribution in [2.24, 2.45) is 5.92 Å². The lowest BCUT2D eigenvalue weighted by Crippen LogP contribution is -2.37. The molecule has 1 amide bonds. The lowest BCUT2D eigenvalue weighted by atomic mass is 10.0. The molecule has 1 fully saturated rings. The van der Waals surface area contributed by atoms with Crippen LogP contribution in [0.25, 0.3) is 22.2 Å². The Labute approximate surface area is 194 Å². The summed E-state index contributed by atoms with van der Waals surface area (Å²) in [5.41, 5.74) is 2.35. The quantitative estimate of drug-likeness (QED) is 0.535. The predicted molar refractivity (Wildman–Crippen MR) is 126 cm³/mol. The molecular formula is C24H28N4O4S. The minimum atomic E-state index is -3.66. The maximum absolute atomic E-state index is 13.3. The van der Waals surface area contributed by atoms with Crippen LogP contribution in [0.4, 0.5) is 0 Å². The average Bonchev–Trinajstić information content (AvgIpc) is 2.84. The SMILES string of the molecule is COCCNC(=O)c1cc(-c2ccncc2)nc2ccc(S(=O)(=O)N3CCC(C)CC3)cc12. The molecular weight excluding hydrogens is 440 g/mol. The standard InChI is InChI=1S/C24H28N4O4S/c1-17-7-12-28(13-8-17)33(30,31)19-3-4-22-20(15-19)21(24(29)26-11-14-32-2)16-23(27-22)18-5-9-25-10-6-18/h3-6,9-10,15-17H,7-8,11-14H2,1-2H3,(H,26,29). The third kappa shape index (κ3) is 5.05. The average molecular weight is 469 g/mol. The molecule has 9 heteroatoms. The van der Waals surface area contributed by atoms with Gasteiger partial charge in [0, 0.05) is 50.1 Å². The lowest BCUT2D eigenvalue weighted by Gasteiger charge is -2.29. The zero-order valence-electron chi connectivity index (χ0n) is 18.8. The van der Waals surface area contributed by atoms with E-state index in [1.54, 1.807) is 43.8 Å². The highest BCUT2D eigenvalue weighted by molar-refractivity contribution is 7.89. The van der Waals surface area contributed by atoms with E-state index in [1.165, 1.54) is 4.31 Å². The number of rotatable bonds is 7. The fourth-order valence-electron chi connectivity index (χ4n) is 3.96. The van der Waals surface area contributed by atoms with Gasteiger partial charge in [-0.1, -0.05) is 6.92 Å². The van der Waals surface area contributed by atoms with Crippen molar-refractivity contribution < 1.29 is 17.9 Å². The number of methoxy groups -OCH3 is 1. The zero-order valence-corrected chi connectivity index (χ0v) is 19.6. The Morgan fingerprint density at radius 2 is 1.88 bits per heavy atom. The maximum Gasteiger partial charge on any atom is 0.252 e. The van der Waals surface area contributed by atoms with Crippen molar-refractivity contribution in [3.8, 4) is 11.3 Å². The van der Waals surface area contributed by atoms with Crippen molar-refractivity contribution in [3.63, 3.8) is 0 Å². The molecule has 174 valence electrons. The van der Waals surface area contributed by atoms with Crippen LogP contribution < -0.4 is 5.32 Å². The number of sulfonamides is 1. The van der Waals surface area contributed by atoms with E-state index in [0.29, 0.717) is 54.3 Å². The second kappa shape index (κ2) is 9.94. The molecule has 0 atom stereocenters. The van der Waals surface area contributed by atoms with Gasteiger partial charge in [0.05, 0.1) is 28.3 Å². The van der Waals surface area contributed by atoms with Gasteiger partial charge in [0.15, 0.2) is 0 Å². The summed E-state index contributed by atoms with van der Waals surface area (Å²) in [6.45, 7) is 3.86. The molecule has 0 radical (unpaired) electrons. The van der Waals surface area contributed by atoms with Gasteiger partial charge in [-0.15, -0.1) is 0 Å². The first-order valence-electron chi connectivity index (χ1n) is 11.0.